The standard InChI is InChI=1S/C10H14O3/c11-9-7-1-2-8(9)6-10(5-7)12-3-4-13-10/h7-8H,1-6H2. The van der Waals surface area contributed by atoms with E-state index in [4.69, 9.17) is 9.47 Å². The molecule has 13 heavy (non-hydrogen) atoms. The molecule has 2 atom stereocenters. The van der Waals surface area contributed by atoms with Crippen molar-refractivity contribution in [3.63, 3.8) is 0 Å². The first-order valence-electron chi connectivity index (χ1n) is 5.11. The van der Waals surface area contributed by atoms with Crippen molar-refractivity contribution in [2.24, 2.45) is 11.8 Å². The van der Waals surface area contributed by atoms with Crippen molar-refractivity contribution >= 4 is 5.78 Å². The zero-order valence-electron chi connectivity index (χ0n) is 7.62. The van der Waals surface area contributed by atoms with Gasteiger partial charge in [0.25, 0.3) is 0 Å². The minimum atomic E-state index is -0.361. The predicted molar refractivity (Wildman–Crippen MR) is 45.1 cm³/mol. The lowest BCUT2D eigenvalue weighted by atomic mass is 9.83. The third-order valence-corrected chi connectivity index (χ3v) is 3.60. The zero-order valence-corrected chi connectivity index (χ0v) is 7.62. The number of ketones is 1. The molecule has 2 bridgehead atoms. The van der Waals surface area contributed by atoms with Crippen molar-refractivity contribution in [1.29, 1.82) is 0 Å². The highest BCUT2D eigenvalue weighted by molar-refractivity contribution is 5.86. The molecule has 1 saturated heterocycles. The average molecular weight is 182 g/mol. The second-order valence-corrected chi connectivity index (χ2v) is 4.39. The third kappa shape index (κ3) is 1.07. The number of fused-ring (bicyclic) bond motifs is 2. The van der Waals surface area contributed by atoms with E-state index in [2.05, 4.69) is 0 Å². The van der Waals surface area contributed by atoms with E-state index in [0.29, 0.717) is 19.0 Å². The van der Waals surface area contributed by atoms with Gasteiger partial charge in [-0.1, -0.05) is 0 Å². The Labute approximate surface area is 77.4 Å². The van der Waals surface area contributed by atoms with Crippen LogP contribution in [0.15, 0.2) is 0 Å². The third-order valence-electron chi connectivity index (χ3n) is 3.60. The molecule has 2 aliphatic carbocycles. The van der Waals surface area contributed by atoms with Crippen LogP contribution in [0.3, 0.4) is 0 Å². The first-order chi connectivity index (χ1) is 6.29. The summed E-state index contributed by atoms with van der Waals surface area (Å²) in [5.74, 6) is 0.568. The van der Waals surface area contributed by atoms with Gasteiger partial charge in [0.1, 0.15) is 5.78 Å². The summed E-state index contributed by atoms with van der Waals surface area (Å²) in [6.07, 6.45) is 3.72. The Morgan fingerprint density at radius 1 is 1.08 bits per heavy atom. The fourth-order valence-corrected chi connectivity index (χ4v) is 2.99. The minimum Gasteiger partial charge on any atom is -0.347 e. The van der Waals surface area contributed by atoms with E-state index in [1.54, 1.807) is 0 Å². The SMILES string of the molecule is O=C1C2CCC1CC1(C2)OCCO1. The van der Waals surface area contributed by atoms with Gasteiger partial charge in [0.05, 0.1) is 13.2 Å². The Hall–Kier alpha value is -0.410. The van der Waals surface area contributed by atoms with Crippen molar-refractivity contribution in [2.45, 2.75) is 31.5 Å². The summed E-state index contributed by atoms with van der Waals surface area (Å²) in [4.78, 5) is 11.6. The Kier molecular flexibility index (Phi) is 1.56. The Balaban J connectivity index is 1.85. The van der Waals surface area contributed by atoms with Crippen LogP contribution in [0.1, 0.15) is 25.7 Å². The van der Waals surface area contributed by atoms with Gasteiger partial charge < -0.3 is 9.47 Å². The fraction of sp³-hybridized carbons (Fsp3) is 0.900. The van der Waals surface area contributed by atoms with E-state index < -0.39 is 0 Å². The van der Waals surface area contributed by atoms with Gasteiger partial charge in [0.2, 0.25) is 0 Å². The van der Waals surface area contributed by atoms with Crippen molar-refractivity contribution in [1.82, 2.24) is 0 Å². The van der Waals surface area contributed by atoms with Crippen LogP contribution in [0, 0.1) is 11.8 Å². The van der Waals surface area contributed by atoms with Crippen LogP contribution in [-0.4, -0.2) is 24.8 Å². The molecule has 0 N–H and O–H groups in total. The molecule has 3 nitrogen and oxygen atoms in total. The minimum absolute atomic E-state index is 0.233. The molecule has 0 aromatic carbocycles. The number of ether oxygens (including phenoxy) is 2. The molecule has 0 amide bonds. The smallest absolute Gasteiger partial charge is 0.169 e. The van der Waals surface area contributed by atoms with Crippen molar-refractivity contribution in [2.75, 3.05) is 13.2 Å². The predicted octanol–water partition coefficient (Wildman–Crippen LogP) is 1.12. The van der Waals surface area contributed by atoms with Crippen LogP contribution >= 0.6 is 0 Å². The molecule has 0 aromatic rings. The van der Waals surface area contributed by atoms with Gasteiger partial charge >= 0.3 is 0 Å². The van der Waals surface area contributed by atoms with Gasteiger partial charge in [0, 0.05) is 24.7 Å². The summed E-state index contributed by atoms with van der Waals surface area (Å²) in [5.41, 5.74) is 0. The van der Waals surface area contributed by atoms with Crippen LogP contribution in [0.2, 0.25) is 0 Å². The summed E-state index contributed by atoms with van der Waals surface area (Å²) in [6.45, 7) is 1.40. The average Bonchev–Trinajstić information content (AvgIpc) is 2.60. The van der Waals surface area contributed by atoms with Crippen LogP contribution < -0.4 is 0 Å². The van der Waals surface area contributed by atoms with Gasteiger partial charge in [-0.3, -0.25) is 4.79 Å². The van der Waals surface area contributed by atoms with Crippen molar-refractivity contribution < 1.29 is 14.3 Å². The maximum absolute atomic E-state index is 11.6. The molecule has 3 rings (SSSR count). The lowest BCUT2D eigenvalue weighted by Crippen LogP contribution is -2.41. The molecule has 1 spiro atoms. The quantitative estimate of drug-likeness (QED) is 0.563. The first-order valence-corrected chi connectivity index (χ1v) is 5.11. The van der Waals surface area contributed by atoms with Crippen LogP contribution in [0.4, 0.5) is 0 Å². The normalized spacial score (nSPS) is 41.7. The number of carbonyl (C=O) groups excluding carboxylic acids is 1. The van der Waals surface area contributed by atoms with E-state index in [0.717, 1.165) is 25.7 Å². The maximum atomic E-state index is 11.6. The van der Waals surface area contributed by atoms with E-state index >= 15 is 0 Å². The second-order valence-electron chi connectivity index (χ2n) is 4.39. The second kappa shape index (κ2) is 2.55. The Morgan fingerprint density at radius 3 is 2.15 bits per heavy atom. The number of hydrogen-bond donors (Lipinski definition) is 0. The summed E-state index contributed by atoms with van der Waals surface area (Å²) in [7, 11) is 0. The molecular weight excluding hydrogens is 168 g/mol. The lowest BCUT2D eigenvalue weighted by molar-refractivity contribution is -0.191. The van der Waals surface area contributed by atoms with Gasteiger partial charge in [-0.2, -0.15) is 0 Å². The first kappa shape index (κ1) is 7.94. The highest BCUT2D eigenvalue weighted by Gasteiger charge is 2.52. The molecule has 2 unspecified atom stereocenters. The maximum Gasteiger partial charge on any atom is 0.169 e. The summed E-state index contributed by atoms with van der Waals surface area (Å²) >= 11 is 0. The van der Waals surface area contributed by atoms with Gasteiger partial charge in [-0.25, -0.2) is 0 Å². The number of rotatable bonds is 0. The van der Waals surface area contributed by atoms with E-state index in [9.17, 15) is 4.79 Å². The lowest BCUT2D eigenvalue weighted by Gasteiger charge is -2.34. The molecule has 3 fully saturated rings. The molecule has 2 saturated carbocycles. The van der Waals surface area contributed by atoms with Crippen molar-refractivity contribution in [3.8, 4) is 0 Å². The Bertz CT molecular complexity index is 225. The van der Waals surface area contributed by atoms with E-state index in [1.165, 1.54) is 0 Å². The highest BCUT2D eigenvalue weighted by Crippen LogP contribution is 2.47. The van der Waals surface area contributed by atoms with E-state index in [1.807, 2.05) is 0 Å². The van der Waals surface area contributed by atoms with Crippen molar-refractivity contribution in [3.05, 3.63) is 0 Å². The zero-order chi connectivity index (χ0) is 8.89. The Morgan fingerprint density at radius 2 is 1.62 bits per heavy atom. The molecule has 72 valence electrons. The monoisotopic (exact) mass is 182 g/mol. The summed E-state index contributed by atoms with van der Waals surface area (Å²) in [6, 6.07) is 0. The molecule has 3 heteroatoms. The number of carbonyl (C=O) groups is 1. The summed E-state index contributed by atoms with van der Waals surface area (Å²) in [5, 5.41) is 0. The van der Waals surface area contributed by atoms with Crippen LogP contribution in [0.25, 0.3) is 0 Å². The van der Waals surface area contributed by atoms with Gasteiger partial charge in [-0.15, -0.1) is 0 Å². The molecule has 1 aliphatic heterocycles. The van der Waals surface area contributed by atoms with Crippen LogP contribution in [-0.2, 0) is 14.3 Å². The fourth-order valence-electron chi connectivity index (χ4n) is 2.99. The largest absolute Gasteiger partial charge is 0.347 e. The molecule has 1 heterocycles. The number of Topliss-reactive ketones (excluding diaryl/α,β-unsaturated/α-hetero) is 1. The molecular formula is C10H14O3. The topological polar surface area (TPSA) is 35.5 Å². The van der Waals surface area contributed by atoms with Gasteiger partial charge in [0.15, 0.2) is 5.79 Å². The molecule has 0 aromatic heterocycles. The van der Waals surface area contributed by atoms with E-state index in [-0.39, 0.29) is 17.6 Å². The number of hydrogen-bond acceptors (Lipinski definition) is 3. The van der Waals surface area contributed by atoms with Crippen LogP contribution in [0.5, 0.6) is 0 Å². The highest BCUT2D eigenvalue weighted by atomic mass is 16.7. The molecule has 3 aliphatic rings. The summed E-state index contributed by atoms with van der Waals surface area (Å²) < 4.78 is 11.3. The van der Waals surface area contributed by atoms with Gasteiger partial charge in [-0.05, 0) is 12.8 Å². The molecule has 0 radical (unpaired) electrons.